The van der Waals surface area contributed by atoms with Gasteiger partial charge < -0.3 is 14.6 Å². The summed E-state index contributed by atoms with van der Waals surface area (Å²) in [4.78, 5) is 15.9. The van der Waals surface area contributed by atoms with E-state index in [-0.39, 0.29) is 5.91 Å². The highest BCUT2D eigenvalue weighted by atomic mass is 32.2. The first-order valence-electron chi connectivity index (χ1n) is 8.11. The molecule has 0 saturated carbocycles. The van der Waals surface area contributed by atoms with Crippen molar-refractivity contribution in [3.05, 3.63) is 48.2 Å². The number of piperidine rings is 1. The predicted octanol–water partition coefficient (Wildman–Crippen LogP) is 3.25. The normalized spacial score (nSPS) is 26.2. The third-order valence-electron chi connectivity index (χ3n) is 4.63. The third-order valence-corrected chi connectivity index (χ3v) is 5.57. The van der Waals surface area contributed by atoms with Crippen LogP contribution in [0.2, 0.25) is 0 Å². The molecule has 2 saturated heterocycles. The van der Waals surface area contributed by atoms with Gasteiger partial charge in [0.25, 0.3) is 5.91 Å². The molecule has 23 heavy (non-hydrogen) atoms. The van der Waals surface area contributed by atoms with Crippen molar-refractivity contribution in [2.24, 2.45) is 5.92 Å². The highest BCUT2D eigenvalue weighted by molar-refractivity contribution is 7.99. The Morgan fingerprint density at radius 3 is 2.83 bits per heavy atom. The van der Waals surface area contributed by atoms with Crippen LogP contribution in [-0.4, -0.2) is 36.5 Å². The molecule has 1 unspecified atom stereocenters. The molecule has 0 spiro atoms. The van der Waals surface area contributed by atoms with Crippen LogP contribution in [0.25, 0.3) is 0 Å². The fourth-order valence-electron chi connectivity index (χ4n) is 3.55. The fraction of sp³-hybridized carbons (Fsp3) is 0.389. The van der Waals surface area contributed by atoms with E-state index in [1.54, 1.807) is 18.0 Å². The van der Waals surface area contributed by atoms with Gasteiger partial charge in [-0.2, -0.15) is 0 Å². The van der Waals surface area contributed by atoms with Crippen LogP contribution in [0.5, 0.6) is 0 Å². The summed E-state index contributed by atoms with van der Waals surface area (Å²) in [5.74, 6) is 0.799. The SMILES string of the molecule is O=C(N[C@@H]1C[C@H]2CCN(C2)C1)c1ccc(Sc2ccco2)cc1. The Morgan fingerprint density at radius 1 is 1.22 bits per heavy atom. The number of furan rings is 1. The van der Waals surface area contributed by atoms with E-state index >= 15 is 0 Å². The molecule has 2 aliphatic heterocycles. The summed E-state index contributed by atoms with van der Waals surface area (Å²) in [7, 11) is 0. The van der Waals surface area contributed by atoms with Gasteiger partial charge in [-0.3, -0.25) is 4.79 Å². The molecule has 0 radical (unpaired) electrons. The summed E-state index contributed by atoms with van der Waals surface area (Å²) in [5, 5.41) is 4.05. The zero-order valence-electron chi connectivity index (χ0n) is 12.9. The van der Waals surface area contributed by atoms with Crippen LogP contribution < -0.4 is 5.32 Å². The number of benzene rings is 1. The molecule has 4 rings (SSSR count). The van der Waals surface area contributed by atoms with E-state index < -0.39 is 0 Å². The molecule has 2 fully saturated rings. The van der Waals surface area contributed by atoms with Crippen LogP contribution in [0.1, 0.15) is 23.2 Å². The van der Waals surface area contributed by atoms with Crippen LogP contribution in [-0.2, 0) is 0 Å². The monoisotopic (exact) mass is 328 g/mol. The molecule has 4 nitrogen and oxygen atoms in total. The van der Waals surface area contributed by atoms with Crippen molar-refractivity contribution in [2.75, 3.05) is 19.6 Å². The summed E-state index contributed by atoms with van der Waals surface area (Å²) in [6.45, 7) is 3.40. The first kappa shape index (κ1) is 14.8. The van der Waals surface area contributed by atoms with E-state index in [1.807, 2.05) is 36.4 Å². The number of carbonyl (C=O) groups excluding carboxylic acids is 1. The zero-order valence-corrected chi connectivity index (χ0v) is 13.7. The molecule has 3 heterocycles. The van der Waals surface area contributed by atoms with Crippen molar-refractivity contribution in [2.45, 2.75) is 28.9 Å². The van der Waals surface area contributed by atoms with Crippen molar-refractivity contribution >= 4 is 17.7 Å². The Hall–Kier alpha value is -1.72. The number of fused-ring (bicyclic) bond motifs is 2. The second-order valence-corrected chi connectivity index (χ2v) is 7.46. The second kappa shape index (κ2) is 6.42. The number of hydrogen-bond donors (Lipinski definition) is 1. The molecule has 5 heteroatoms. The number of hydrogen-bond acceptors (Lipinski definition) is 4. The number of amides is 1. The third kappa shape index (κ3) is 3.46. The molecule has 1 aromatic carbocycles. The quantitative estimate of drug-likeness (QED) is 0.936. The molecular weight excluding hydrogens is 308 g/mol. The van der Waals surface area contributed by atoms with Gasteiger partial charge in [0, 0.05) is 29.6 Å². The van der Waals surface area contributed by atoms with Gasteiger partial charge in [0.2, 0.25) is 0 Å². The van der Waals surface area contributed by atoms with Crippen LogP contribution in [0.4, 0.5) is 0 Å². The Bertz CT molecular complexity index is 657. The van der Waals surface area contributed by atoms with Crippen molar-refractivity contribution in [3.63, 3.8) is 0 Å². The van der Waals surface area contributed by atoms with Crippen molar-refractivity contribution in [1.82, 2.24) is 10.2 Å². The zero-order chi connectivity index (χ0) is 15.6. The van der Waals surface area contributed by atoms with Crippen molar-refractivity contribution in [1.29, 1.82) is 0 Å². The Balaban J connectivity index is 1.36. The predicted molar refractivity (Wildman–Crippen MR) is 89.7 cm³/mol. The van der Waals surface area contributed by atoms with Crippen LogP contribution in [0.15, 0.2) is 57.1 Å². The molecule has 3 atom stereocenters. The summed E-state index contributed by atoms with van der Waals surface area (Å²) in [5.41, 5.74) is 0.724. The summed E-state index contributed by atoms with van der Waals surface area (Å²) in [6, 6.07) is 11.8. The average molecular weight is 328 g/mol. The number of nitrogens with zero attached hydrogens (tertiary/aromatic N) is 1. The maximum Gasteiger partial charge on any atom is 0.251 e. The molecule has 2 aromatic rings. The van der Waals surface area contributed by atoms with E-state index in [0.29, 0.717) is 6.04 Å². The molecule has 1 aromatic heterocycles. The van der Waals surface area contributed by atoms with Crippen molar-refractivity contribution in [3.8, 4) is 0 Å². The largest absolute Gasteiger partial charge is 0.458 e. The first-order chi connectivity index (χ1) is 11.3. The summed E-state index contributed by atoms with van der Waals surface area (Å²) < 4.78 is 5.32. The van der Waals surface area contributed by atoms with Crippen LogP contribution in [0, 0.1) is 5.92 Å². The minimum atomic E-state index is 0.0343. The van der Waals surface area contributed by atoms with Gasteiger partial charge in [-0.15, -0.1) is 0 Å². The molecule has 1 N–H and O–H groups in total. The number of carbonyl (C=O) groups is 1. The molecule has 1 amide bonds. The maximum absolute atomic E-state index is 12.4. The Kier molecular flexibility index (Phi) is 4.14. The standard InChI is InChI=1S/C18H20N2O2S/c21-18(19-15-10-13-7-8-20(11-13)12-15)14-3-5-16(6-4-14)23-17-2-1-9-22-17/h1-6,9,13,15H,7-8,10-12H2,(H,19,21)/t13-,15-/m1/s1. The smallest absolute Gasteiger partial charge is 0.251 e. The van der Waals surface area contributed by atoms with Gasteiger partial charge in [0.05, 0.1) is 6.26 Å². The van der Waals surface area contributed by atoms with E-state index in [0.717, 1.165) is 34.4 Å². The van der Waals surface area contributed by atoms with Gasteiger partial charge in [-0.25, -0.2) is 0 Å². The first-order valence-corrected chi connectivity index (χ1v) is 8.92. The highest BCUT2D eigenvalue weighted by Crippen LogP contribution is 2.28. The molecule has 0 aliphatic carbocycles. The van der Waals surface area contributed by atoms with E-state index in [4.69, 9.17) is 4.42 Å². The van der Waals surface area contributed by atoms with E-state index in [9.17, 15) is 4.79 Å². The Labute approximate surface area is 140 Å². The number of rotatable bonds is 4. The lowest BCUT2D eigenvalue weighted by atomic mass is 9.96. The van der Waals surface area contributed by atoms with E-state index in [2.05, 4.69) is 10.2 Å². The van der Waals surface area contributed by atoms with Gasteiger partial charge in [0.1, 0.15) is 0 Å². The lowest BCUT2D eigenvalue weighted by Gasteiger charge is -2.30. The molecule has 2 aliphatic rings. The van der Waals surface area contributed by atoms with Crippen LogP contribution in [0.3, 0.4) is 0 Å². The van der Waals surface area contributed by atoms with Crippen molar-refractivity contribution < 1.29 is 9.21 Å². The van der Waals surface area contributed by atoms with Crippen LogP contribution >= 0.6 is 11.8 Å². The van der Waals surface area contributed by atoms with E-state index in [1.165, 1.54) is 19.5 Å². The summed E-state index contributed by atoms with van der Waals surface area (Å²) in [6.07, 6.45) is 4.07. The lowest BCUT2D eigenvalue weighted by Crippen LogP contribution is -2.47. The minimum Gasteiger partial charge on any atom is -0.458 e. The molecule has 2 bridgehead atoms. The highest BCUT2D eigenvalue weighted by Gasteiger charge is 2.32. The van der Waals surface area contributed by atoms with Gasteiger partial charge in [-0.1, -0.05) is 11.8 Å². The van der Waals surface area contributed by atoms with Gasteiger partial charge in [-0.05, 0) is 61.7 Å². The molecular formula is C18H20N2O2S. The molecule has 120 valence electrons. The maximum atomic E-state index is 12.4. The lowest BCUT2D eigenvalue weighted by molar-refractivity contribution is 0.0909. The fourth-order valence-corrected chi connectivity index (χ4v) is 4.30. The average Bonchev–Trinajstić information content (AvgIpc) is 3.18. The second-order valence-electron chi connectivity index (χ2n) is 6.38. The topological polar surface area (TPSA) is 45.5 Å². The van der Waals surface area contributed by atoms with Gasteiger partial charge in [0.15, 0.2) is 5.09 Å². The van der Waals surface area contributed by atoms with Gasteiger partial charge >= 0.3 is 0 Å². The minimum absolute atomic E-state index is 0.0343. The Morgan fingerprint density at radius 2 is 2.09 bits per heavy atom. The number of nitrogens with one attached hydrogen (secondary N) is 1. The summed E-state index contributed by atoms with van der Waals surface area (Å²) >= 11 is 1.55.